The summed E-state index contributed by atoms with van der Waals surface area (Å²) in [4.78, 5) is 9.83. The third kappa shape index (κ3) is 6.59. The molecule has 0 bridgehead atoms. The molecule has 6 nitrogen and oxygen atoms in total. The van der Waals surface area contributed by atoms with Crippen molar-refractivity contribution in [1.29, 1.82) is 0 Å². The summed E-state index contributed by atoms with van der Waals surface area (Å²) in [5, 5.41) is 2.53. The fraction of sp³-hybridized carbons (Fsp3) is 0.0253. The highest BCUT2D eigenvalue weighted by atomic mass is 15.2. The summed E-state index contributed by atoms with van der Waals surface area (Å²) in [7, 11) is 0. The first-order chi connectivity index (χ1) is 42.7. The van der Waals surface area contributed by atoms with Gasteiger partial charge in [0.2, 0.25) is 11.4 Å². The second-order valence-electron chi connectivity index (χ2n) is 23.4. The van der Waals surface area contributed by atoms with Crippen molar-refractivity contribution in [2.24, 2.45) is 0 Å². The summed E-state index contributed by atoms with van der Waals surface area (Å²) in [5.41, 5.74) is 30.8. The van der Waals surface area contributed by atoms with E-state index in [-0.39, 0.29) is 18.5 Å². The lowest BCUT2D eigenvalue weighted by Gasteiger charge is -2.41. The number of para-hydroxylation sites is 7. The molecule has 0 fully saturated rings. The molecule has 12 aromatic carbocycles. The molecule has 1 aliphatic carbocycles. The third-order valence-corrected chi connectivity index (χ3v) is 19.0. The number of pyridine rings is 1. The molecule has 0 saturated heterocycles. The zero-order chi connectivity index (χ0) is 56.1. The van der Waals surface area contributed by atoms with Gasteiger partial charge in [-0.15, -0.1) is 0 Å². The van der Waals surface area contributed by atoms with Gasteiger partial charge in [0.1, 0.15) is 5.92 Å². The van der Waals surface area contributed by atoms with Gasteiger partial charge >= 0.3 is 0 Å². The second-order valence-corrected chi connectivity index (χ2v) is 23.4. The first-order valence-electron chi connectivity index (χ1n) is 29.9. The van der Waals surface area contributed by atoms with Crippen LogP contribution in [-0.2, 0) is 0 Å². The largest absolute Gasteiger partial charge is 0.311 e. The molecule has 14 aromatic rings. The summed E-state index contributed by atoms with van der Waals surface area (Å²) >= 11 is 0. The Morgan fingerprint density at radius 3 is 1.47 bits per heavy atom. The molecule has 0 N–H and O–H groups in total. The van der Waals surface area contributed by atoms with Crippen LogP contribution in [0.15, 0.2) is 303 Å². The van der Waals surface area contributed by atoms with Crippen LogP contribution in [0.5, 0.6) is 0 Å². The topological polar surface area (TPSA) is 21.8 Å². The predicted molar refractivity (Wildman–Crippen MR) is 354 cm³/mol. The second kappa shape index (κ2) is 18.2. The SMILES string of the molecule is c1ccc(N(c2ccccc2)c2ccc3c(c2)N(c2ccccc2)c2ccc4c5cc6c(cc5n5c4c2B3c2ccccc2-5)C2c3ccccc3C3c4ccc(N(c5ccccc5)c5ccccc5)cc4N(c4ccccc4)c4cc[n+]-6c2c43)cc1. The highest BCUT2D eigenvalue weighted by Crippen LogP contribution is 2.60. The molecule has 5 aliphatic rings. The summed E-state index contributed by atoms with van der Waals surface area (Å²) in [6.07, 6.45) is 2.37. The van der Waals surface area contributed by atoms with Crippen molar-refractivity contribution in [2.75, 3.05) is 19.6 Å². The van der Waals surface area contributed by atoms with Gasteiger partial charge < -0.3 is 24.2 Å². The van der Waals surface area contributed by atoms with E-state index in [1.54, 1.807) is 0 Å². The lowest BCUT2D eigenvalue weighted by molar-refractivity contribution is -0.598. The molecule has 400 valence electrons. The molecule has 2 atom stereocenters. The Balaban J connectivity index is 0.824. The monoisotopic (exact) mass is 1100 g/mol. The van der Waals surface area contributed by atoms with Crippen molar-refractivity contribution >= 4 is 113 Å². The Bertz CT molecular complexity index is 5010. The van der Waals surface area contributed by atoms with E-state index in [1.165, 1.54) is 106 Å². The van der Waals surface area contributed by atoms with Crippen molar-refractivity contribution in [1.82, 2.24) is 4.57 Å². The summed E-state index contributed by atoms with van der Waals surface area (Å²) < 4.78 is 5.19. The Morgan fingerprint density at radius 1 is 0.337 bits per heavy atom. The van der Waals surface area contributed by atoms with E-state index in [0.717, 1.165) is 45.5 Å². The number of hydrogen-bond acceptors (Lipinski definition) is 4. The number of benzene rings is 12. The van der Waals surface area contributed by atoms with Crippen LogP contribution in [0.4, 0.5) is 68.2 Å². The van der Waals surface area contributed by atoms with Gasteiger partial charge in [0, 0.05) is 96.9 Å². The highest BCUT2D eigenvalue weighted by Gasteiger charge is 2.52. The van der Waals surface area contributed by atoms with E-state index in [2.05, 4.69) is 332 Å². The minimum atomic E-state index is -0.00508. The van der Waals surface area contributed by atoms with E-state index in [9.17, 15) is 0 Å². The molecule has 4 aliphatic heterocycles. The lowest BCUT2D eigenvalue weighted by atomic mass is 9.34. The fourth-order valence-corrected chi connectivity index (χ4v) is 15.7. The molecule has 7 heteroatoms. The van der Waals surface area contributed by atoms with Crippen LogP contribution in [0.2, 0.25) is 0 Å². The van der Waals surface area contributed by atoms with Gasteiger partial charge in [-0.25, -0.2) is 0 Å². The van der Waals surface area contributed by atoms with E-state index < -0.39 is 0 Å². The Labute approximate surface area is 499 Å². The molecule has 0 spiro atoms. The molecule has 86 heavy (non-hydrogen) atoms. The van der Waals surface area contributed by atoms with Crippen LogP contribution in [-0.4, -0.2) is 11.3 Å². The van der Waals surface area contributed by atoms with Crippen LogP contribution in [0.3, 0.4) is 0 Å². The van der Waals surface area contributed by atoms with Crippen LogP contribution in [0.25, 0.3) is 33.2 Å². The van der Waals surface area contributed by atoms with Crippen molar-refractivity contribution < 1.29 is 4.57 Å². The number of rotatable bonds is 8. The Morgan fingerprint density at radius 2 is 0.849 bits per heavy atom. The van der Waals surface area contributed by atoms with Crippen molar-refractivity contribution in [3.05, 3.63) is 337 Å². The Hall–Kier alpha value is -11.1. The Kier molecular flexibility index (Phi) is 10.0. The number of nitrogens with zero attached hydrogens (tertiary/aromatic N) is 6. The van der Waals surface area contributed by atoms with Gasteiger partial charge in [-0.3, -0.25) is 0 Å². The maximum absolute atomic E-state index is 2.63. The van der Waals surface area contributed by atoms with Gasteiger partial charge in [0.05, 0.1) is 28.0 Å². The molecular formula is C79H52BN6+. The average Bonchev–Trinajstić information content (AvgIpc) is 1.49. The standard InChI is InChI=1S/C79H52BN6/c1-7-23-51(24-8-1)82(52-25-9-2-10-26-52)57-39-41-62-71(47-57)84(55-31-15-5-16-32-55)68-45-46-81-70-49-63-61-42-44-69-77-78(61)86(72(63)50-64(70)75-60-36-20-19-35-59(60)74(62)76(68)79(75)81)67-38-22-21-37-65(67)80(77)66-43-40-58(48-73(66)85(69)56-33-17-6-18-34-56)83(53-27-11-3-12-28-53)54-29-13-4-14-30-54/h1-50,74-75H/q+1. The lowest BCUT2D eigenvalue weighted by Crippen LogP contribution is -2.60. The van der Waals surface area contributed by atoms with E-state index in [1.807, 2.05) is 0 Å². The molecule has 0 saturated carbocycles. The van der Waals surface area contributed by atoms with E-state index in [4.69, 9.17) is 0 Å². The fourth-order valence-electron chi connectivity index (χ4n) is 15.7. The molecule has 2 aromatic heterocycles. The normalized spacial score (nSPS) is 14.9. The first kappa shape index (κ1) is 47.4. The smallest absolute Gasteiger partial charge is 0.252 e. The number of hydrogen-bond donors (Lipinski definition) is 0. The van der Waals surface area contributed by atoms with Gasteiger partial charge in [0.25, 0.3) is 6.71 Å². The molecular weight excluding hydrogens is 1040 g/mol. The molecule has 0 amide bonds. The summed E-state index contributed by atoms with van der Waals surface area (Å²) in [6, 6.07) is 110. The van der Waals surface area contributed by atoms with E-state index >= 15 is 0 Å². The maximum atomic E-state index is 2.63. The molecule has 0 radical (unpaired) electrons. The van der Waals surface area contributed by atoms with Crippen molar-refractivity contribution in [2.45, 2.75) is 11.8 Å². The van der Waals surface area contributed by atoms with Crippen LogP contribution in [0.1, 0.15) is 45.3 Å². The summed E-state index contributed by atoms with van der Waals surface area (Å²) in [5.74, 6) is 0.0191. The van der Waals surface area contributed by atoms with Gasteiger partial charge in [-0.2, -0.15) is 4.57 Å². The molecule has 2 unspecified atom stereocenters. The van der Waals surface area contributed by atoms with Gasteiger partial charge in [-0.05, 0) is 148 Å². The average molecular weight is 1100 g/mol. The van der Waals surface area contributed by atoms with Crippen molar-refractivity contribution in [3.63, 3.8) is 0 Å². The third-order valence-electron chi connectivity index (χ3n) is 19.0. The maximum Gasteiger partial charge on any atom is 0.252 e. The number of anilines is 12. The number of fused-ring (bicyclic) bond motifs is 16. The van der Waals surface area contributed by atoms with Gasteiger partial charge in [0.15, 0.2) is 6.20 Å². The first-order valence-corrected chi connectivity index (χ1v) is 29.9. The number of aromatic nitrogens is 2. The zero-order valence-corrected chi connectivity index (χ0v) is 46.8. The van der Waals surface area contributed by atoms with Crippen LogP contribution in [0, 0.1) is 0 Å². The van der Waals surface area contributed by atoms with E-state index in [0.29, 0.717) is 0 Å². The van der Waals surface area contributed by atoms with Crippen molar-refractivity contribution in [3.8, 4) is 11.4 Å². The zero-order valence-electron chi connectivity index (χ0n) is 46.8. The highest BCUT2D eigenvalue weighted by molar-refractivity contribution is 7.00. The molecule has 19 rings (SSSR count). The van der Waals surface area contributed by atoms with Crippen LogP contribution < -0.4 is 40.6 Å². The van der Waals surface area contributed by atoms with Crippen LogP contribution >= 0.6 is 0 Å². The molecule has 6 heterocycles. The predicted octanol–water partition coefficient (Wildman–Crippen LogP) is 17.4. The minimum absolute atomic E-state index is 0.00508. The van der Waals surface area contributed by atoms with Gasteiger partial charge in [-0.1, -0.05) is 170 Å². The quantitative estimate of drug-likeness (QED) is 0.112. The summed E-state index contributed by atoms with van der Waals surface area (Å²) in [6.45, 7) is -0.00508. The minimum Gasteiger partial charge on any atom is -0.311 e.